The van der Waals surface area contributed by atoms with Crippen LogP contribution in [0.15, 0.2) is 0 Å². The Morgan fingerprint density at radius 1 is 1.53 bits per heavy atom. The van der Waals surface area contributed by atoms with Gasteiger partial charge >= 0.3 is 12.1 Å². The Kier molecular flexibility index (Phi) is 1.96. The largest absolute Gasteiger partial charge is 0.461 e. The van der Waals surface area contributed by atoms with Gasteiger partial charge in [-0.3, -0.25) is 0 Å². The van der Waals surface area contributed by atoms with Gasteiger partial charge in [-0.2, -0.15) is 0 Å². The molecule has 2 heterocycles. The normalized spacial score (nSPS) is 37.7. The molecule has 2 aliphatic heterocycles. The Morgan fingerprint density at radius 2 is 2.13 bits per heavy atom. The van der Waals surface area contributed by atoms with Gasteiger partial charge < -0.3 is 14.8 Å². The molecule has 0 atom stereocenters. The van der Waals surface area contributed by atoms with E-state index in [0.29, 0.717) is 12.8 Å². The summed E-state index contributed by atoms with van der Waals surface area (Å²) in [7, 11) is 0. The summed E-state index contributed by atoms with van der Waals surface area (Å²) in [5.41, 5.74) is -1.33. The maximum absolute atomic E-state index is 11.8. The van der Waals surface area contributed by atoms with Gasteiger partial charge in [-0.1, -0.05) is 0 Å². The SMILES string of the molecule is CC(C)OC(=O)C12CC(C)(C1)OC(=O)N2. The molecule has 5 heteroatoms. The minimum absolute atomic E-state index is 0.168. The highest BCUT2D eigenvalue weighted by Gasteiger charge is 2.64. The van der Waals surface area contributed by atoms with Crippen LogP contribution < -0.4 is 5.32 Å². The summed E-state index contributed by atoms with van der Waals surface area (Å²) >= 11 is 0. The van der Waals surface area contributed by atoms with E-state index in [0.717, 1.165) is 0 Å². The fourth-order valence-electron chi connectivity index (χ4n) is 2.35. The molecule has 2 saturated heterocycles. The van der Waals surface area contributed by atoms with E-state index in [9.17, 15) is 9.59 Å². The van der Waals surface area contributed by atoms with E-state index in [-0.39, 0.29) is 12.1 Å². The molecule has 84 valence electrons. The zero-order valence-corrected chi connectivity index (χ0v) is 9.12. The summed E-state index contributed by atoms with van der Waals surface area (Å²) in [6.45, 7) is 5.40. The van der Waals surface area contributed by atoms with E-state index in [1.165, 1.54) is 0 Å². The Hall–Kier alpha value is -1.26. The summed E-state index contributed by atoms with van der Waals surface area (Å²) in [5.74, 6) is -0.355. The Bertz CT molecular complexity index is 317. The summed E-state index contributed by atoms with van der Waals surface area (Å²) in [6.07, 6.45) is 0.295. The second-order valence-electron chi connectivity index (χ2n) is 4.85. The standard InChI is InChI=1S/C10H15NO4/c1-6(2)14-7(12)10-4-9(3,5-10)15-8(13)11-10/h6H,4-5H2,1-3H3,(H,11,13). The van der Waals surface area contributed by atoms with Crippen LogP contribution in [0.25, 0.3) is 0 Å². The predicted molar refractivity (Wildman–Crippen MR) is 51.2 cm³/mol. The molecule has 3 aliphatic rings. The first kappa shape index (κ1) is 10.3. The number of amides is 1. The van der Waals surface area contributed by atoms with Crippen molar-refractivity contribution in [3.63, 3.8) is 0 Å². The second-order valence-corrected chi connectivity index (χ2v) is 4.85. The van der Waals surface area contributed by atoms with E-state index in [1.54, 1.807) is 13.8 Å². The molecule has 5 nitrogen and oxygen atoms in total. The number of carbonyl (C=O) groups excluding carboxylic acids is 2. The van der Waals surface area contributed by atoms with Crippen molar-refractivity contribution in [3.05, 3.63) is 0 Å². The molecule has 1 aliphatic carbocycles. The number of hydrogen-bond donors (Lipinski definition) is 1. The van der Waals surface area contributed by atoms with Crippen LogP contribution >= 0.6 is 0 Å². The third kappa shape index (κ3) is 1.56. The number of hydrogen-bond acceptors (Lipinski definition) is 4. The number of rotatable bonds is 2. The summed E-state index contributed by atoms with van der Waals surface area (Å²) in [4.78, 5) is 22.9. The first-order valence-electron chi connectivity index (χ1n) is 5.08. The molecule has 1 N–H and O–H groups in total. The first-order chi connectivity index (χ1) is 6.85. The summed E-state index contributed by atoms with van der Waals surface area (Å²) in [5, 5.41) is 2.55. The highest BCUT2D eigenvalue weighted by atomic mass is 16.6. The van der Waals surface area contributed by atoms with Gasteiger partial charge in [-0.05, 0) is 20.8 Å². The van der Waals surface area contributed by atoms with Crippen LogP contribution in [0.2, 0.25) is 0 Å². The van der Waals surface area contributed by atoms with Gasteiger partial charge in [0.15, 0.2) is 0 Å². The van der Waals surface area contributed by atoms with Gasteiger partial charge in [0.05, 0.1) is 6.10 Å². The van der Waals surface area contributed by atoms with Crippen molar-refractivity contribution in [2.75, 3.05) is 0 Å². The van der Waals surface area contributed by atoms with Gasteiger partial charge in [0.25, 0.3) is 0 Å². The smallest absolute Gasteiger partial charge is 0.408 e. The molecule has 0 unspecified atom stereocenters. The van der Waals surface area contributed by atoms with Crippen molar-refractivity contribution in [1.82, 2.24) is 5.32 Å². The number of alkyl carbamates (subject to hydrolysis) is 1. The number of ether oxygens (including phenoxy) is 2. The van der Waals surface area contributed by atoms with Crippen LogP contribution in [-0.4, -0.2) is 29.3 Å². The van der Waals surface area contributed by atoms with Crippen molar-refractivity contribution in [2.24, 2.45) is 0 Å². The Labute approximate surface area is 88.1 Å². The number of fused-ring (bicyclic) bond motifs is 2. The molecule has 3 rings (SSSR count). The number of esters is 1. The lowest BCUT2D eigenvalue weighted by Gasteiger charge is -2.55. The van der Waals surface area contributed by atoms with E-state index < -0.39 is 17.2 Å². The van der Waals surface area contributed by atoms with Crippen LogP contribution in [0.5, 0.6) is 0 Å². The quantitative estimate of drug-likeness (QED) is 0.694. The van der Waals surface area contributed by atoms with Crippen molar-refractivity contribution < 1.29 is 19.1 Å². The molecule has 0 radical (unpaired) electrons. The Balaban J connectivity index is 2.09. The molecule has 15 heavy (non-hydrogen) atoms. The molecule has 0 aromatic rings. The maximum Gasteiger partial charge on any atom is 0.408 e. The zero-order chi connectivity index (χ0) is 11.3. The third-order valence-electron chi connectivity index (χ3n) is 2.77. The van der Waals surface area contributed by atoms with Crippen molar-refractivity contribution in [3.8, 4) is 0 Å². The van der Waals surface area contributed by atoms with Crippen LogP contribution in [0, 0.1) is 0 Å². The lowest BCUT2D eigenvalue weighted by atomic mass is 9.64. The highest BCUT2D eigenvalue weighted by molar-refractivity contribution is 5.89. The Morgan fingerprint density at radius 3 is 2.60 bits per heavy atom. The molecular formula is C10H15NO4. The maximum atomic E-state index is 11.8. The summed E-state index contributed by atoms with van der Waals surface area (Å²) < 4.78 is 10.2. The zero-order valence-electron chi connectivity index (χ0n) is 9.12. The van der Waals surface area contributed by atoms with E-state index in [1.807, 2.05) is 6.92 Å². The summed E-state index contributed by atoms with van der Waals surface area (Å²) in [6, 6.07) is 0. The highest BCUT2D eigenvalue weighted by Crippen LogP contribution is 2.48. The van der Waals surface area contributed by atoms with E-state index >= 15 is 0 Å². The molecule has 0 aromatic heterocycles. The van der Waals surface area contributed by atoms with E-state index in [2.05, 4.69) is 5.32 Å². The molecule has 2 bridgehead atoms. The number of nitrogens with one attached hydrogen (secondary N) is 1. The first-order valence-corrected chi connectivity index (χ1v) is 5.08. The molecule has 1 saturated carbocycles. The predicted octanol–water partition coefficient (Wildman–Crippen LogP) is 0.969. The van der Waals surface area contributed by atoms with Crippen LogP contribution in [0.3, 0.4) is 0 Å². The van der Waals surface area contributed by atoms with Crippen molar-refractivity contribution in [1.29, 1.82) is 0 Å². The fraction of sp³-hybridized carbons (Fsp3) is 0.800. The van der Waals surface area contributed by atoms with Gasteiger partial charge in [0.1, 0.15) is 11.1 Å². The van der Waals surface area contributed by atoms with Crippen LogP contribution in [0.4, 0.5) is 4.79 Å². The topological polar surface area (TPSA) is 64.6 Å². The minimum Gasteiger partial charge on any atom is -0.461 e. The molecule has 0 spiro atoms. The molecule has 3 fully saturated rings. The molecule has 1 amide bonds. The lowest BCUT2D eigenvalue weighted by molar-refractivity contribution is -0.185. The molecule has 0 aromatic carbocycles. The fourth-order valence-corrected chi connectivity index (χ4v) is 2.35. The lowest BCUT2D eigenvalue weighted by Crippen LogP contribution is -2.75. The van der Waals surface area contributed by atoms with Gasteiger partial charge in [-0.15, -0.1) is 0 Å². The van der Waals surface area contributed by atoms with Gasteiger partial charge in [0.2, 0.25) is 0 Å². The van der Waals surface area contributed by atoms with E-state index in [4.69, 9.17) is 9.47 Å². The van der Waals surface area contributed by atoms with Gasteiger partial charge in [-0.25, -0.2) is 9.59 Å². The molecular weight excluding hydrogens is 198 g/mol. The third-order valence-corrected chi connectivity index (χ3v) is 2.77. The van der Waals surface area contributed by atoms with Crippen molar-refractivity contribution >= 4 is 12.1 Å². The average Bonchev–Trinajstić information content (AvgIpc) is 1.97. The second kappa shape index (κ2) is 2.87. The number of carbonyl (C=O) groups is 2. The minimum atomic E-state index is -0.839. The monoisotopic (exact) mass is 213 g/mol. The van der Waals surface area contributed by atoms with Crippen LogP contribution in [0.1, 0.15) is 33.6 Å². The van der Waals surface area contributed by atoms with Crippen LogP contribution in [-0.2, 0) is 14.3 Å². The van der Waals surface area contributed by atoms with Gasteiger partial charge in [0, 0.05) is 12.8 Å². The average molecular weight is 213 g/mol. The van der Waals surface area contributed by atoms with Crippen molar-refractivity contribution in [2.45, 2.75) is 50.9 Å².